The Morgan fingerprint density at radius 3 is 2.96 bits per heavy atom. The first-order chi connectivity index (χ1) is 12.3. The van der Waals surface area contributed by atoms with E-state index < -0.39 is 0 Å². The lowest BCUT2D eigenvalue weighted by Gasteiger charge is -2.11. The van der Waals surface area contributed by atoms with Gasteiger partial charge >= 0.3 is 0 Å². The van der Waals surface area contributed by atoms with Gasteiger partial charge in [0.15, 0.2) is 11.2 Å². The second-order valence-electron chi connectivity index (χ2n) is 6.61. The van der Waals surface area contributed by atoms with Crippen molar-refractivity contribution in [2.75, 3.05) is 5.32 Å². The molecular formula is C18H18N6O. The maximum atomic E-state index is 5.64. The van der Waals surface area contributed by atoms with Crippen molar-refractivity contribution < 1.29 is 4.42 Å². The van der Waals surface area contributed by atoms with Crippen LogP contribution >= 0.6 is 0 Å². The molecule has 3 heterocycles. The van der Waals surface area contributed by atoms with E-state index >= 15 is 0 Å². The fourth-order valence-corrected chi connectivity index (χ4v) is 3.52. The molecule has 7 nitrogen and oxygen atoms in total. The van der Waals surface area contributed by atoms with E-state index in [-0.39, 0.29) is 0 Å². The molecule has 1 fully saturated rings. The van der Waals surface area contributed by atoms with Gasteiger partial charge in [-0.3, -0.25) is 0 Å². The molecule has 0 radical (unpaired) electrons. The maximum Gasteiger partial charge on any atom is 0.225 e. The summed E-state index contributed by atoms with van der Waals surface area (Å²) in [5.74, 6) is 1.53. The first kappa shape index (κ1) is 14.4. The fourth-order valence-electron chi connectivity index (χ4n) is 3.52. The lowest BCUT2D eigenvalue weighted by atomic mass is 10.2. The summed E-state index contributed by atoms with van der Waals surface area (Å²) in [7, 11) is 0. The van der Waals surface area contributed by atoms with Crippen LogP contribution in [0.25, 0.3) is 27.8 Å². The third kappa shape index (κ3) is 2.52. The first-order valence-electron chi connectivity index (χ1n) is 8.62. The zero-order valence-corrected chi connectivity index (χ0v) is 13.9. The maximum absolute atomic E-state index is 5.64. The Labute approximate surface area is 144 Å². The Bertz CT molecular complexity index is 1060. The second-order valence-corrected chi connectivity index (χ2v) is 6.61. The van der Waals surface area contributed by atoms with Crippen molar-refractivity contribution in [1.29, 1.82) is 0 Å². The Kier molecular flexibility index (Phi) is 3.19. The van der Waals surface area contributed by atoms with Crippen LogP contribution in [-0.4, -0.2) is 31.0 Å². The molecule has 0 saturated heterocycles. The number of aromatic nitrogens is 5. The van der Waals surface area contributed by atoms with Gasteiger partial charge in [-0.2, -0.15) is 9.67 Å². The van der Waals surface area contributed by atoms with E-state index in [0.717, 1.165) is 22.4 Å². The van der Waals surface area contributed by atoms with E-state index in [0.29, 0.717) is 23.2 Å². The quantitative estimate of drug-likeness (QED) is 0.616. The molecule has 1 aliphatic carbocycles. The molecule has 7 heteroatoms. The van der Waals surface area contributed by atoms with Gasteiger partial charge in [-0.25, -0.2) is 4.98 Å². The van der Waals surface area contributed by atoms with Crippen LogP contribution in [0.5, 0.6) is 0 Å². The third-order valence-electron chi connectivity index (χ3n) is 4.75. The van der Waals surface area contributed by atoms with Crippen molar-refractivity contribution in [3.63, 3.8) is 0 Å². The van der Waals surface area contributed by atoms with Crippen LogP contribution in [0.4, 0.5) is 5.95 Å². The lowest BCUT2D eigenvalue weighted by molar-refractivity contribution is 0.578. The van der Waals surface area contributed by atoms with Crippen molar-refractivity contribution in [3.05, 3.63) is 36.2 Å². The van der Waals surface area contributed by atoms with Crippen LogP contribution < -0.4 is 5.32 Å². The van der Waals surface area contributed by atoms with E-state index in [4.69, 9.17) is 4.42 Å². The first-order valence-corrected chi connectivity index (χ1v) is 8.62. The number of fused-ring (bicyclic) bond motifs is 2. The Morgan fingerprint density at radius 1 is 1.20 bits per heavy atom. The number of aryl methyl sites for hydroxylation is 1. The van der Waals surface area contributed by atoms with Gasteiger partial charge < -0.3 is 9.73 Å². The smallest absolute Gasteiger partial charge is 0.225 e. The normalized spacial score (nSPS) is 15.4. The number of nitrogens with zero attached hydrogens (tertiary/aromatic N) is 5. The van der Waals surface area contributed by atoms with E-state index in [1.807, 2.05) is 31.2 Å². The number of furan rings is 1. The van der Waals surface area contributed by atoms with Crippen molar-refractivity contribution >= 4 is 28.1 Å². The fraction of sp³-hybridized carbons (Fsp3) is 0.333. The summed E-state index contributed by atoms with van der Waals surface area (Å²) in [6.07, 6.45) is 6.61. The number of hydrogen-bond acceptors (Lipinski definition) is 6. The van der Waals surface area contributed by atoms with Gasteiger partial charge in [0.2, 0.25) is 5.95 Å². The molecule has 0 unspecified atom stereocenters. The largest absolute Gasteiger partial charge is 0.461 e. The average molecular weight is 334 g/mol. The van der Waals surface area contributed by atoms with Crippen LogP contribution in [-0.2, 0) is 0 Å². The molecule has 1 N–H and O–H groups in total. The number of nitrogens with one attached hydrogen (secondary N) is 1. The van der Waals surface area contributed by atoms with E-state index in [1.54, 1.807) is 10.9 Å². The van der Waals surface area contributed by atoms with Gasteiger partial charge in [-0.1, -0.05) is 18.1 Å². The summed E-state index contributed by atoms with van der Waals surface area (Å²) >= 11 is 0. The minimum absolute atomic E-state index is 0.465. The highest BCUT2D eigenvalue weighted by Crippen LogP contribution is 2.24. The molecule has 1 saturated carbocycles. The third-order valence-corrected chi connectivity index (χ3v) is 4.75. The van der Waals surface area contributed by atoms with E-state index in [2.05, 4.69) is 25.6 Å². The number of hydrogen-bond donors (Lipinski definition) is 1. The minimum atomic E-state index is 0.465. The molecule has 0 aliphatic heterocycles. The van der Waals surface area contributed by atoms with Crippen molar-refractivity contribution in [2.24, 2.45) is 0 Å². The summed E-state index contributed by atoms with van der Waals surface area (Å²) in [6, 6.07) is 8.42. The standard InChI is InChI=1S/C18H18N6O/c1-11-8-12-9-14(6-7-16(12)25-11)24-17-15(22-23-24)10-19-18(21-17)20-13-4-2-3-5-13/h6-10,13H,2-5H2,1H3,(H,19,20,21). The zero-order valence-electron chi connectivity index (χ0n) is 13.9. The summed E-state index contributed by atoms with van der Waals surface area (Å²) in [5.41, 5.74) is 3.15. The summed E-state index contributed by atoms with van der Waals surface area (Å²) < 4.78 is 7.39. The van der Waals surface area contributed by atoms with Crippen LogP contribution in [0, 0.1) is 6.92 Å². The molecule has 0 bridgehead atoms. The van der Waals surface area contributed by atoms with E-state index in [1.165, 1.54) is 25.7 Å². The Morgan fingerprint density at radius 2 is 2.08 bits per heavy atom. The van der Waals surface area contributed by atoms with Crippen LogP contribution in [0.3, 0.4) is 0 Å². The van der Waals surface area contributed by atoms with Crippen molar-refractivity contribution in [3.8, 4) is 5.69 Å². The number of benzene rings is 1. The van der Waals surface area contributed by atoms with Gasteiger partial charge in [0, 0.05) is 11.4 Å². The zero-order chi connectivity index (χ0) is 16.8. The van der Waals surface area contributed by atoms with Crippen LogP contribution in [0.2, 0.25) is 0 Å². The molecule has 0 atom stereocenters. The molecule has 1 aromatic carbocycles. The molecule has 0 amide bonds. The molecule has 5 rings (SSSR count). The Hall–Kier alpha value is -2.96. The van der Waals surface area contributed by atoms with Gasteiger partial charge in [-0.15, -0.1) is 5.10 Å². The molecule has 25 heavy (non-hydrogen) atoms. The van der Waals surface area contributed by atoms with Crippen molar-refractivity contribution in [1.82, 2.24) is 25.0 Å². The summed E-state index contributed by atoms with van der Waals surface area (Å²) in [6.45, 7) is 1.94. The van der Waals surface area contributed by atoms with Gasteiger partial charge in [0.25, 0.3) is 0 Å². The topological polar surface area (TPSA) is 81.7 Å². The predicted molar refractivity (Wildman–Crippen MR) is 94.8 cm³/mol. The summed E-state index contributed by atoms with van der Waals surface area (Å²) in [4.78, 5) is 9.03. The van der Waals surface area contributed by atoms with Gasteiger partial charge in [0.05, 0.1) is 11.9 Å². The Balaban J connectivity index is 1.56. The van der Waals surface area contributed by atoms with Gasteiger partial charge in [-0.05, 0) is 44.0 Å². The molecule has 1 aliphatic rings. The lowest BCUT2D eigenvalue weighted by Crippen LogP contribution is -2.16. The minimum Gasteiger partial charge on any atom is -0.461 e. The SMILES string of the molecule is Cc1cc2cc(-n3nnc4cnc(NC5CCCC5)nc43)ccc2o1. The number of rotatable bonds is 3. The van der Waals surface area contributed by atoms with Crippen LogP contribution in [0.15, 0.2) is 34.9 Å². The monoisotopic (exact) mass is 334 g/mol. The van der Waals surface area contributed by atoms with Gasteiger partial charge in [0.1, 0.15) is 11.3 Å². The average Bonchev–Trinajstić information content (AvgIpc) is 3.32. The highest BCUT2D eigenvalue weighted by molar-refractivity contribution is 5.81. The predicted octanol–water partition coefficient (Wildman–Crippen LogP) is 3.62. The summed E-state index contributed by atoms with van der Waals surface area (Å²) in [5, 5.41) is 12.9. The molecule has 126 valence electrons. The highest BCUT2D eigenvalue weighted by atomic mass is 16.3. The van der Waals surface area contributed by atoms with Crippen molar-refractivity contribution in [2.45, 2.75) is 38.6 Å². The molecule has 3 aromatic heterocycles. The highest BCUT2D eigenvalue weighted by Gasteiger charge is 2.17. The second kappa shape index (κ2) is 5.54. The molecule has 4 aromatic rings. The van der Waals surface area contributed by atoms with E-state index in [9.17, 15) is 0 Å². The number of anilines is 1. The molecule has 0 spiro atoms. The molecular weight excluding hydrogens is 316 g/mol. The van der Waals surface area contributed by atoms with Crippen LogP contribution in [0.1, 0.15) is 31.4 Å².